The number of furan rings is 1. The van der Waals surface area contributed by atoms with Gasteiger partial charge < -0.3 is 9.32 Å². The molecule has 3 aromatic rings. The van der Waals surface area contributed by atoms with Crippen LogP contribution in [0, 0.1) is 0 Å². The van der Waals surface area contributed by atoms with Gasteiger partial charge in [-0.05, 0) is 49.2 Å². The van der Waals surface area contributed by atoms with Crippen LogP contribution in [0.15, 0.2) is 76.1 Å². The van der Waals surface area contributed by atoms with E-state index in [0.717, 1.165) is 55.8 Å². The second-order valence-corrected chi connectivity index (χ2v) is 7.37. The Hall–Kier alpha value is -3.14. The Balaban J connectivity index is 1.65. The quantitative estimate of drug-likeness (QED) is 0.353. The first kappa shape index (κ1) is 21.6. The first-order valence-corrected chi connectivity index (χ1v) is 10.8. The zero-order valence-electron chi connectivity index (χ0n) is 17.9. The minimum atomic E-state index is 0.103. The van der Waals surface area contributed by atoms with Crippen LogP contribution in [0.3, 0.4) is 0 Å². The molecule has 4 heteroatoms. The highest BCUT2D eigenvalue weighted by atomic mass is 16.3. The molecule has 0 aliphatic rings. The van der Waals surface area contributed by atoms with Gasteiger partial charge in [0.1, 0.15) is 11.5 Å². The van der Waals surface area contributed by atoms with Crippen LogP contribution in [0.25, 0.3) is 11.3 Å². The number of hydrogen-bond acceptors (Lipinski definition) is 3. The largest absolute Gasteiger partial charge is 0.455 e. The van der Waals surface area contributed by atoms with Gasteiger partial charge in [0.2, 0.25) is 0 Å². The maximum atomic E-state index is 12.9. The van der Waals surface area contributed by atoms with E-state index in [-0.39, 0.29) is 5.91 Å². The Labute approximate surface area is 179 Å². The molecule has 1 amide bonds. The van der Waals surface area contributed by atoms with E-state index in [2.05, 4.69) is 18.8 Å². The second-order valence-electron chi connectivity index (χ2n) is 7.37. The van der Waals surface area contributed by atoms with Crippen LogP contribution < -0.4 is 0 Å². The third-order valence-electron chi connectivity index (χ3n) is 4.99. The van der Waals surface area contributed by atoms with Crippen LogP contribution in [0.4, 0.5) is 5.69 Å². The van der Waals surface area contributed by atoms with Gasteiger partial charge in [-0.25, -0.2) is 0 Å². The summed E-state index contributed by atoms with van der Waals surface area (Å²) in [6.45, 7) is 5.93. The van der Waals surface area contributed by atoms with Gasteiger partial charge >= 0.3 is 0 Å². The van der Waals surface area contributed by atoms with E-state index >= 15 is 0 Å². The van der Waals surface area contributed by atoms with Crippen LogP contribution in [0.1, 0.15) is 55.6 Å². The molecule has 3 rings (SSSR count). The summed E-state index contributed by atoms with van der Waals surface area (Å²) in [7, 11) is 0. The average Bonchev–Trinajstić information content (AvgIpc) is 3.27. The van der Waals surface area contributed by atoms with E-state index in [0.29, 0.717) is 11.3 Å². The molecule has 0 aliphatic carbocycles. The Bertz CT molecular complexity index is 935. The van der Waals surface area contributed by atoms with Crippen molar-refractivity contribution in [2.45, 2.75) is 39.5 Å². The Morgan fingerprint density at radius 2 is 1.57 bits per heavy atom. The van der Waals surface area contributed by atoms with Gasteiger partial charge in [0.15, 0.2) is 0 Å². The van der Waals surface area contributed by atoms with Crippen LogP contribution >= 0.6 is 0 Å². The lowest BCUT2D eigenvalue weighted by molar-refractivity contribution is 0.0751. The van der Waals surface area contributed by atoms with Crippen molar-refractivity contribution < 1.29 is 9.21 Å². The van der Waals surface area contributed by atoms with E-state index in [4.69, 9.17) is 4.42 Å². The van der Waals surface area contributed by atoms with E-state index in [1.807, 2.05) is 71.6 Å². The van der Waals surface area contributed by atoms with Crippen LogP contribution in [0.2, 0.25) is 0 Å². The Morgan fingerprint density at radius 1 is 0.900 bits per heavy atom. The lowest BCUT2D eigenvalue weighted by atomic mass is 10.1. The summed E-state index contributed by atoms with van der Waals surface area (Å²) in [4.78, 5) is 19.3. The van der Waals surface area contributed by atoms with Gasteiger partial charge in [0.05, 0.1) is 11.9 Å². The van der Waals surface area contributed by atoms with Gasteiger partial charge in [0, 0.05) is 24.2 Å². The lowest BCUT2D eigenvalue weighted by Crippen LogP contribution is -2.32. The van der Waals surface area contributed by atoms with E-state index in [1.54, 1.807) is 6.21 Å². The zero-order chi connectivity index (χ0) is 21.2. The number of hydrogen-bond donors (Lipinski definition) is 0. The molecule has 1 aromatic heterocycles. The lowest BCUT2D eigenvalue weighted by Gasteiger charge is -2.22. The molecule has 4 nitrogen and oxygen atoms in total. The van der Waals surface area contributed by atoms with Gasteiger partial charge in [-0.3, -0.25) is 9.79 Å². The molecule has 0 saturated heterocycles. The highest BCUT2D eigenvalue weighted by Crippen LogP contribution is 2.22. The van der Waals surface area contributed by atoms with Crippen LogP contribution in [-0.4, -0.2) is 30.1 Å². The van der Waals surface area contributed by atoms with Crippen molar-refractivity contribution in [3.63, 3.8) is 0 Å². The number of nitrogens with zero attached hydrogens (tertiary/aromatic N) is 2. The number of benzene rings is 2. The summed E-state index contributed by atoms with van der Waals surface area (Å²) in [6, 6.07) is 21.3. The summed E-state index contributed by atoms with van der Waals surface area (Å²) in [6.07, 6.45) is 5.95. The Morgan fingerprint density at radius 3 is 2.20 bits per heavy atom. The molecule has 156 valence electrons. The number of carbonyl (C=O) groups is 1. The van der Waals surface area contributed by atoms with Gasteiger partial charge in [-0.2, -0.15) is 0 Å². The summed E-state index contributed by atoms with van der Waals surface area (Å²) in [5.74, 6) is 1.61. The molecule has 30 heavy (non-hydrogen) atoms. The molecule has 0 radical (unpaired) electrons. The zero-order valence-corrected chi connectivity index (χ0v) is 17.9. The molecule has 0 saturated carbocycles. The van der Waals surface area contributed by atoms with Crippen molar-refractivity contribution in [1.82, 2.24) is 4.90 Å². The van der Waals surface area contributed by atoms with E-state index in [9.17, 15) is 4.79 Å². The minimum Gasteiger partial charge on any atom is -0.455 e. The SMILES string of the molecule is CCCCN(CCCC)C(=O)c1ccc(N=Cc2ccc(-c3ccccc3)o2)cc1. The first-order valence-electron chi connectivity index (χ1n) is 10.8. The number of aliphatic imine (C=N–C) groups is 1. The standard InChI is InChI=1S/C26H30N2O2/c1-3-5-18-28(19-6-4-2)26(29)22-12-14-23(15-13-22)27-20-24-16-17-25(30-24)21-10-8-7-9-11-21/h7-17,20H,3-6,18-19H2,1-2H3. The molecule has 0 aliphatic heterocycles. The summed E-state index contributed by atoms with van der Waals surface area (Å²) < 4.78 is 5.85. The van der Waals surface area contributed by atoms with Crippen molar-refractivity contribution in [3.8, 4) is 11.3 Å². The fraction of sp³-hybridized carbons (Fsp3) is 0.308. The molecule has 1 heterocycles. The molecule has 0 fully saturated rings. The number of rotatable bonds is 10. The fourth-order valence-electron chi connectivity index (χ4n) is 3.20. The smallest absolute Gasteiger partial charge is 0.253 e. The van der Waals surface area contributed by atoms with Gasteiger partial charge in [-0.1, -0.05) is 57.0 Å². The van der Waals surface area contributed by atoms with Gasteiger partial charge in [0.25, 0.3) is 5.91 Å². The predicted molar refractivity (Wildman–Crippen MR) is 124 cm³/mol. The molecule has 2 aromatic carbocycles. The monoisotopic (exact) mass is 402 g/mol. The summed E-state index contributed by atoms with van der Waals surface area (Å²) in [5.41, 5.74) is 2.54. The van der Waals surface area contributed by atoms with Crippen molar-refractivity contribution in [1.29, 1.82) is 0 Å². The summed E-state index contributed by atoms with van der Waals surface area (Å²) >= 11 is 0. The maximum absolute atomic E-state index is 12.9. The molecular weight excluding hydrogens is 372 g/mol. The number of amides is 1. The number of unbranched alkanes of at least 4 members (excludes halogenated alkanes) is 2. The molecule has 0 spiro atoms. The highest BCUT2D eigenvalue weighted by Gasteiger charge is 2.14. The molecular formula is C26H30N2O2. The molecule has 0 unspecified atom stereocenters. The Kier molecular flexibility index (Phi) is 8.02. The van der Waals surface area contributed by atoms with E-state index < -0.39 is 0 Å². The number of carbonyl (C=O) groups excluding carboxylic acids is 1. The second kappa shape index (κ2) is 11.1. The topological polar surface area (TPSA) is 45.8 Å². The van der Waals surface area contributed by atoms with Crippen molar-refractivity contribution in [2.24, 2.45) is 4.99 Å². The van der Waals surface area contributed by atoms with Crippen LogP contribution in [0.5, 0.6) is 0 Å². The third kappa shape index (κ3) is 5.93. The normalized spacial score (nSPS) is 11.1. The third-order valence-corrected chi connectivity index (χ3v) is 4.99. The minimum absolute atomic E-state index is 0.103. The van der Waals surface area contributed by atoms with Crippen molar-refractivity contribution >= 4 is 17.8 Å². The molecule has 0 bridgehead atoms. The molecule has 0 N–H and O–H groups in total. The first-order chi connectivity index (χ1) is 14.7. The average molecular weight is 403 g/mol. The predicted octanol–water partition coefficient (Wildman–Crippen LogP) is 6.74. The molecule has 0 atom stereocenters. The maximum Gasteiger partial charge on any atom is 0.253 e. The van der Waals surface area contributed by atoms with E-state index in [1.165, 1.54) is 0 Å². The summed E-state index contributed by atoms with van der Waals surface area (Å²) in [5, 5.41) is 0. The van der Waals surface area contributed by atoms with Gasteiger partial charge in [-0.15, -0.1) is 0 Å². The van der Waals surface area contributed by atoms with Crippen molar-refractivity contribution in [2.75, 3.05) is 13.1 Å². The fourth-order valence-corrected chi connectivity index (χ4v) is 3.20. The highest BCUT2D eigenvalue weighted by molar-refractivity contribution is 5.94. The van der Waals surface area contributed by atoms with Crippen molar-refractivity contribution in [3.05, 3.63) is 78.1 Å². The van der Waals surface area contributed by atoms with Crippen LogP contribution in [-0.2, 0) is 0 Å².